The number of aromatic nitrogens is 4. The maximum absolute atomic E-state index is 13.2. The summed E-state index contributed by atoms with van der Waals surface area (Å²) in [6, 6.07) is 56.7. The summed E-state index contributed by atoms with van der Waals surface area (Å²) in [5, 5.41) is 36.0. The normalized spacial score (nSPS) is 12.1. The average molecular weight is 1230 g/mol. The summed E-state index contributed by atoms with van der Waals surface area (Å²) >= 11 is 3.13. The molecule has 0 saturated heterocycles. The average Bonchev–Trinajstić information content (AvgIpc) is 2.08. The number of benzene rings is 6. The van der Waals surface area contributed by atoms with E-state index in [2.05, 4.69) is 63.2 Å². The monoisotopic (exact) mass is 1230 g/mol. The number of carboxylic acids is 1. The molecule has 0 saturated carbocycles. The minimum Gasteiger partial charge on any atom is -0.870 e. The molecular formula is C66H78BrLiN6O12. The Balaban J connectivity index is 0.000000286. The molecule has 86 heavy (non-hydrogen) atoms. The van der Waals surface area contributed by atoms with Gasteiger partial charge in [-0.2, -0.15) is 10.2 Å². The summed E-state index contributed by atoms with van der Waals surface area (Å²) < 4.78 is 25.2. The first-order valence-corrected chi connectivity index (χ1v) is 28.0. The van der Waals surface area contributed by atoms with Crippen LogP contribution in [0.2, 0.25) is 0 Å². The first kappa shape index (κ1) is 72.1. The number of esters is 2. The Labute approximate surface area is 524 Å². The number of halogens is 1. The van der Waals surface area contributed by atoms with Gasteiger partial charge in [0.1, 0.15) is 27.3 Å². The van der Waals surface area contributed by atoms with Gasteiger partial charge in [0.25, 0.3) is 5.91 Å². The van der Waals surface area contributed by atoms with Gasteiger partial charge in [0.15, 0.2) is 16.8 Å². The second-order valence-electron chi connectivity index (χ2n) is 21.1. The molecule has 18 nitrogen and oxygen atoms in total. The van der Waals surface area contributed by atoms with E-state index in [1.165, 1.54) is 44.9 Å². The largest absolute Gasteiger partial charge is 1.00 e. The topological polar surface area (TPSA) is 258 Å². The van der Waals surface area contributed by atoms with Crippen LogP contribution in [0.25, 0.3) is 22.5 Å². The van der Waals surface area contributed by atoms with Crippen LogP contribution in [0.1, 0.15) is 77.9 Å². The number of aromatic hydroxyl groups is 1. The minimum absolute atomic E-state index is 0. The van der Waals surface area contributed by atoms with Gasteiger partial charge in [-0.3, -0.25) is 19.8 Å². The molecule has 0 bridgehead atoms. The molecule has 2 aromatic heterocycles. The molecule has 0 aliphatic carbocycles. The number of aliphatic carboxylic acids is 1. The molecule has 6 N–H and O–H groups in total. The van der Waals surface area contributed by atoms with E-state index in [0.29, 0.717) is 36.1 Å². The molecule has 4 heterocycles. The van der Waals surface area contributed by atoms with Gasteiger partial charge in [-0.1, -0.05) is 149 Å². The quantitative estimate of drug-likeness (QED) is 0.0434. The standard InChI is InChI=1S/C22H23N3O2.C12H13N3.C11H14O3.C10H12O3.C6H6O.C5H9BrO2.Li.H2O/c1-22(2,27-17-11-7-4-8-12-17)21(26)25-14-13-19-18(15-25)20(24-23-19)16-9-5-3-6-10-16;1-2-4-9(5-3-1)12-10-8-13-7-6-11(10)14-15-12;1-11(2,10(12)13-3)14-9-7-5-4-6-8-9;1-10(2,9(11)12)13-8-6-4-3-5-7-8;7-6-4-2-1-3-5-6;1-5(2,6)4(7)8-3;;/h3-12H,13-15H2,1-2H3,(H,23,24);1-5,13H,6-8H2,(H,14,15);4-8H,1-3H3;3-7H,1-2H3,(H,11,12);1-5,7H;1-3H3;;1H2/q;;;;;;+1;/p-1. The molecule has 6 aromatic carbocycles. The number of para-hydroxylation sites is 4. The van der Waals surface area contributed by atoms with Crippen molar-refractivity contribution < 1.29 is 77.4 Å². The van der Waals surface area contributed by atoms with Crippen molar-refractivity contribution >= 4 is 39.7 Å². The fraction of sp³-hybridized carbons (Fsp3) is 0.303. The Morgan fingerprint density at radius 3 is 1.27 bits per heavy atom. The second kappa shape index (κ2) is 34.7. The molecule has 2 aliphatic rings. The van der Waals surface area contributed by atoms with E-state index >= 15 is 0 Å². The number of aromatic amines is 2. The molecule has 20 heteroatoms. The van der Waals surface area contributed by atoms with Crippen LogP contribution in [0.3, 0.4) is 0 Å². The molecule has 0 fully saturated rings. The van der Waals surface area contributed by atoms with E-state index in [0.717, 1.165) is 54.1 Å². The zero-order valence-electron chi connectivity index (χ0n) is 50.8. The van der Waals surface area contributed by atoms with Gasteiger partial charge in [0.05, 0.1) is 25.6 Å². The van der Waals surface area contributed by atoms with Gasteiger partial charge < -0.3 is 49.6 Å². The minimum atomic E-state index is -1.18. The van der Waals surface area contributed by atoms with Crippen molar-refractivity contribution in [2.24, 2.45) is 0 Å². The molecule has 0 atom stereocenters. The van der Waals surface area contributed by atoms with Crippen molar-refractivity contribution in [3.05, 3.63) is 205 Å². The maximum atomic E-state index is 13.2. The first-order chi connectivity index (χ1) is 39.9. The van der Waals surface area contributed by atoms with E-state index in [9.17, 15) is 19.2 Å². The number of carbonyl (C=O) groups is 4. The van der Waals surface area contributed by atoms with Gasteiger partial charge in [0.2, 0.25) is 0 Å². The van der Waals surface area contributed by atoms with E-state index in [4.69, 9.17) is 24.4 Å². The number of methoxy groups -OCH3 is 2. The number of ether oxygens (including phenoxy) is 5. The number of hydrogen-bond acceptors (Lipinski definition) is 14. The van der Waals surface area contributed by atoms with Crippen molar-refractivity contribution in [1.82, 2.24) is 30.6 Å². The third kappa shape index (κ3) is 22.7. The van der Waals surface area contributed by atoms with Crippen LogP contribution in [0.15, 0.2) is 182 Å². The van der Waals surface area contributed by atoms with Crippen LogP contribution in [-0.2, 0) is 54.6 Å². The number of hydrogen-bond donors (Lipinski definition) is 5. The number of alkyl halides is 1. The van der Waals surface area contributed by atoms with Gasteiger partial charge >= 0.3 is 36.8 Å². The van der Waals surface area contributed by atoms with Crippen molar-refractivity contribution in [3.8, 4) is 45.5 Å². The summed E-state index contributed by atoms with van der Waals surface area (Å²) in [4.78, 5) is 47.6. The van der Waals surface area contributed by atoms with Crippen molar-refractivity contribution in [2.75, 3.05) is 27.3 Å². The molecule has 452 valence electrons. The summed E-state index contributed by atoms with van der Waals surface area (Å²) in [6.45, 7) is 16.7. The van der Waals surface area contributed by atoms with Crippen molar-refractivity contribution in [3.63, 3.8) is 0 Å². The van der Waals surface area contributed by atoms with E-state index in [-0.39, 0.29) is 42.2 Å². The molecule has 0 spiro atoms. The number of rotatable bonds is 12. The van der Waals surface area contributed by atoms with Gasteiger partial charge in [-0.25, -0.2) is 9.59 Å². The van der Waals surface area contributed by atoms with E-state index in [1.807, 2.05) is 128 Å². The fourth-order valence-electron chi connectivity index (χ4n) is 8.14. The van der Waals surface area contributed by atoms with Crippen molar-refractivity contribution in [2.45, 2.75) is 102 Å². The number of carbonyl (C=O) groups excluding carboxylic acids is 3. The summed E-state index contributed by atoms with van der Waals surface area (Å²) in [7, 11) is 2.71. The number of nitrogens with zero attached hydrogens (tertiary/aromatic N) is 3. The predicted octanol–water partition coefficient (Wildman–Crippen LogP) is 9.04. The van der Waals surface area contributed by atoms with E-state index < -0.39 is 27.1 Å². The summed E-state index contributed by atoms with van der Waals surface area (Å²) in [5.74, 6) is 0.606. The van der Waals surface area contributed by atoms with Crippen LogP contribution in [0.4, 0.5) is 0 Å². The molecule has 0 radical (unpaired) electrons. The Bertz CT molecular complexity index is 3270. The zero-order chi connectivity index (χ0) is 61.3. The number of fused-ring (bicyclic) bond motifs is 2. The van der Waals surface area contributed by atoms with Crippen molar-refractivity contribution in [1.29, 1.82) is 0 Å². The van der Waals surface area contributed by atoms with Crippen LogP contribution in [0.5, 0.6) is 23.0 Å². The maximum Gasteiger partial charge on any atom is 1.00 e. The Morgan fingerprint density at radius 2 is 0.895 bits per heavy atom. The molecule has 0 unspecified atom stereocenters. The molecule has 10 rings (SSSR count). The number of nitrogens with one attached hydrogen (secondary N) is 3. The number of H-pyrrole nitrogens is 2. The van der Waals surface area contributed by atoms with Gasteiger partial charge in [-0.05, 0) is 104 Å². The van der Waals surface area contributed by atoms with Crippen LogP contribution in [-0.4, -0.2) is 113 Å². The molecular weight excluding hydrogens is 1160 g/mol. The van der Waals surface area contributed by atoms with Crippen LogP contribution in [0, 0.1) is 0 Å². The first-order valence-electron chi connectivity index (χ1n) is 27.2. The van der Waals surface area contributed by atoms with E-state index in [1.54, 1.807) is 88.4 Å². The number of amides is 1. The number of phenols is 1. The second-order valence-corrected chi connectivity index (χ2v) is 23.0. The summed E-state index contributed by atoms with van der Waals surface area (Å²) in [5.41, 5.74) is 6.02. The van der Waals surface area contributed by atoms with Gasteiger partial charge in [0, 0.05) is 72.7 Å². The Kier molecular flexibility index (Phi) is 29.1. The number of phenolic OH excluding ortho intramolecular Hbond substituents is 1. The molecule has 1 amide bonds. The third-order valence-corrected chi connectivity index (χ3v) is 12.9. The Morgan fingerprint density at radius 1 is 0.523 bits per heavy atom. The SMILES string of the molecule is CC(C)(Oc1ccccc1)C(=O)N1CCc2[nH]nc(-c3ccccc3)c2C1.CC(C)(Oc1ccccc1)C(=O)O.COC(=O)C(C)(C)Br.COC(=O)C(C)(C)Oc1ccccc1.Oc1ccccc1.[Li+].[OH-].c1ccc(-c2n[nH]c3c2CNCC3)cc1. The number of carboxylic acid groups (broad SMARTS) is 1. The van der Waals surface area contributed by atoms with Gasteiger partial charge in [-0.15, -0.1) is 0 Å². The fourth-order valence-corrected chi connectivity index (χ4v) is 8.30. The third-order valence-electron chi connectivity index (χ3n) is 12.6. The smallest absolute Gasteiger partial charge is 0.870 e. The van der Waals surface area contributed by atoms with Crippen LogP contribution < -0.4 is 38.4 Å². The summed E-state index contributed by atoms with van der Waals surface area (Å²) in [6.07, 6.45) is 1.82. The molecule has 8 aromatic rings. The molecule has 2 aliphatic heterocycles. The van der Waals surface area contributed by atoms with Crippen LogP contribution >= 0.6 is 15.9 Å². The zero-order valence-corrected chi connectivity index (χ0v) is 52.4. The Hall–Kier alpha value is -8.18. The predicted molar refractivity (Wildman–Crippen MR) is 331 cm³/mol.